The number of rotatable bonds is 7. The normalized spacial score (nSPS) is 13.8. The van der Waals surface area contributed by atoms with E-state index in [1.54, 1.807) is 37.3 Å². The van der Waals surface area contributed by atoms with Gasteiger partial charge < -0.3 is 9.47 Å². The molecule has 4 rings (SSSR count). The van der Waals surface area contributed by atoms with Crippen molar-refractivity contribution in [3.8, 4) is 22.1 Å². The molecule has 0 unspecified atom stereocenters. The Morgan fingerprint density at radius 3 is 2.92 bits per heavy atom. The molecule has 7 nitrogen and oxygen atoms in total. The smallest absolute Gasteiger partial charge is 0.209 e. The van der Waals surface area contributed by atoms with Crippen LogP contribution in [0.25, 0.3) is 10.6 Å². The number of aromatic nitrogens is 5. The minimum absolute atomic E-state index is 0.479. The van der Waals surface area contributed by atoms with E-state index in [1.165, 1.54) is 0 Å². The first-order valence-corrected chi connectivity index (χ1v) is 9.72. The van der Waals surface area contributed by atoms with Gasteiger partial charge in [0.2, 0.25) is 5.16 Å². The number of hydrogen-bond acceptors (Lipinski definition) is 8. The second kappa shape index (κ2) is 7.01. The highest BCUT2D eigenvalue weighted by Gasteiger charge is 2.27. The van der Waals surface area contributed by atoms with Crippen LogP contribution in [0.5, 0.6) is 11.5 Å². The first kappa shape index (κ1) is 16.3. The summed E-state index contributed by atoms with van der Waals surface area (Å²) in [5.74, 6) is 2.26. The SMILES string of the molecule is COc1ccc(-c2nc(CSc3nnnn3C3CC3)cs2)c(OC)c1. The van der Waals surface area contributed by atoms with E-state index in [0.29, 0.717) is 6.04 Å². The number of benzene rings is 1. The fourth-order valence-electron chi connectivity index (χ4n) is 2.44. The van der Waals surface area contributed by atoms with E-state index >= 15 is 0 Å². The summed E-state index contributed by atoms with van der Waals surface area (Å²) in [5, 5.41) is 15.8. The Hall–Kier alpha value is -2.13. The van der Waals surface area contributed by atoms with Crippen molar-refractivity contribution >= 4 is 23.1 Å². The average Bonchev–Trinajstić information content (AvgIpc) is 3.20. The Balaban J connectivity index is 1.49. The van der Waals surface area contributed by atoms with E-state index in [-0.39, 0.29) is 0 Å². The largest absolute Gasteiger partial charge is 0.497 e. The number of thioether (sulfide) groups is 1. The van der Waals surface area contributed by atoms with Crippen molar-refractivity contribution in [1.82, 2.24) is 25.2 Å². The summed E-state index contributed by atoms with van der Waals surface area (Å²) in [6.45, 7) is 0. The van der Waals surface area contributed by atoms with E-state index in [0.717, 1.165) is 51.5 Å². The molecule has 0 N–H and O–H groups in total. The molecule has 1 aliphatic carbocycles. The van der Waals surface area contributed by atoms with Crippen molar-refractivity contribution in [1.29, 1.82) is 0 Å². The van der Waals surface area contributed by atoms with Crippen LogP contribution in [-0.4, -0.2) is 39.4 Å². The van der Waals surface area contributed by atoms with Gasteiger partial charge in [0.15, 0.2) is 0 Å². The van der Waals surface area contributed by atoms with Gasteiger partial charge in [0, 0.05) is 17.2 Å². The van der Waals surface area contributed by atoms with Crippen LogP contribution in [0.3, 0.4) is 0 Å². The van der Waals surface area contributed by atoms with Crippen molar-refractivity contribution in [2.75, 3.05) is 14.2 Å². The number of methoxy groups -OCH3 is 2. The summed E-state index contributed by atoms with van der Waals surface area (Å²) >= 11 is 3.22. The zero-order chi connectivity index (χ0) is 17.2. The molecule has 1 aliphatic rings. The lowest BCUT2D eigenvalue weighted by molar-refractivity contribution is 0.395. The quantitative estimate of drug-likeness (QED) is 0.586. The van der Waals surface area contributed by atoms with Gasteiger partial charge in [0.1, 0.15) is 16.5 Å². The molecular weight excluding hydrogens is 358 g/mol. The Labute approximate surface area is 153 Å². The zero-order valence-corrected chi connectivity index (χ0v) is 15.5. The Morgan fingerprint density at radius 1 is 1.28 bits per heavy atom. The molecule has 130 valence electrons. The van der Waals surface area contributed by atoms with E-state index in [1.807, 2.05) is 22.9 Å². The van der Waals surface area contributed by atoms with E-state index in [9.17, 15) is 0 Å². The number of nitrogens with zero attached hydrogens (tertiary/aromatic N) is 5. The van der Waals surface area contributed by atoms with Crippen LogP contribution in [0.1, 0.15) is 24.6 Å². The predicted molar refractivity (Wildman–Crippen MR) is 96.3 cm³/mol. The highest BCUT2D eigenvalue weighted by Crippen LogP contribution is 2.38. The maximum Gasteiger partial charge on any atom is 0.209 e. The summed E-state index contributed by atoms with van der Waals surface area (Å²) in [5.41, 5.74) is 1.97. The minimum Gasteiger partial charge on any atom is -0.497 e. The van der Waals surface area contributed by atoms with Gasteiger partial charge in [-0.25, -0.2) is 9.67 Å². The monoisotopic (exact) mass is 375 g/mol. The van der Waals surface area contributed by atoms with Crippen LogP contribution in [-0.2, 0) is 5.75 Å². The van der Waals surface area contributed by atoms with Gasteiger partial charge in [-0.3, -0.25) is 0 Å². The highest BCUT2D eigenvalue weighted by molar-refractivity contribution is 7.98. The van der Waals surface area contributed by atoms with Gasteiger partial charge >= 0.3 is 0 Å². The molecule has 0 spiro atoms. The lowest BCUT2D eigenvalue weighted by atomic mass is 10.2. The molecule has 0 bridgehead atoms. The lowest BCUT2D eigenvalue weighted by Gasteiger charge is -2.08. The lowest BCUT2D eigenvalue weighted by Crippen LogP contribution is -1.98. The third-order valence-electron chi connectivity index (χ3n) is 3.90. The summed E-state index contributed by atoms with van der Waals surface area (Å²) in [7, 11) is 3.29. The summed E-state index contributed by atoms with van der Waals surface area (Å²) in [6, 6.07) is 6.24. The maximum atomic E-state index is 5.47. The molecule has 0 radical (unpaired) electrons. The van der Waals surface area contributed by atoms with E-state index in [2.05, 4.69) is 20.9 Å². The second-order valence-electron chi connectivity index (χ2n) is 5.64. The molecule has 0 atom stereocenters. The predicted octanol–water partition coefficient (Wildman–Crippen LogP) is 3.44. The fourth-order valence-corrected chi connectivity index (χ4v) is 4.23. The van der Waals surface area contributed by atoms with E-state index in [4.69, 9.17) is 14.5 Å². The molecule has 0 saturated heterocycles. The standard InChI is InChI=1S/C16H17N5O2S2/c1-22-12-5-6-13(14(7-12)23-2)15-17-10(8-24-15)9-25-16-18-19-20-21(16)11-3-4-11/h5-8,11H,3-4,9H2,1-2H3. The van der Waals surface area contributed by atoms with Gasteiger partial charge in [-0.05, 0) is 35.4 Å². The number of thiazole rings is 1. The summed E-state index contributed by atoms with van der Waals surface area (Å²) in [6.07, 6.45) is 2.33. The molecule has 2 heterocycles. The highest BCUT2D eigenvalue weighted by atomic mass is 32.2. The number of ether oxygens (including phenoxy) is 2. The molecule has 2 aromatic heterocycles. The first-order chi connectivity index (χ1) is 12.3. The van der Waals surface area contributed by atoms with Gasteiger partial charge in [-0.15, -0.1) is 16.4 Å². The van der Waals surface area contributed by atoms with Gasteiger partial charge in [-0.2, -0.15) is 0 Å². The molecule has 0 amide bonds. The molecule has 1 saturated carbocycles. The van der Waals surface area contributed by atoms with Gasteiger partial charge in [-0.1, -0.05) is 11.8 Å². The average molecular weight is 375 g/mol. The molecule has 1 fully saturated rings. The number of hydrogen-bond donors (Lipinski definition) is 0. The number of tetrazole rings is 1. The minimum atomic E-state index is 0.479. The van der Waals surface area contributed by atoms with Crippen LogP contribution in [0.15, 0.2) is 28.7 Å². The maximum absolute atomic E-state index is 5.47. The zero-order valence-electron chi connectivity index (χ0n) is 13.9. The van der Waals surface area contributed by atoms with Gasteiger partial charge in [0.05, 0.1) is 31.5 Å². The van der Waals surface area contributed by atoms with Crippen molar-refractivity contribution in [2.24, 2.45) is 0 Å². The molecule has 25 heavy (non-hydrogen) atoms. The Morgan fingerprint density at radius 2 is 2.16 bits per heavy atom. The summed E-state index contributed by atoms with van der Waals surface area (Å²) in [4.78, 5) is 4.73. The molecular formula is C16H17N5O2S2. The fraction of sp³-hybridized carbons (Fsp3) is 0.375. The topological polar surface area (TPSA) is 75.0 Å². The summed E-state index contributed by atoms with van der Waals surface area (Å²) < 4.78 is 12.6. The molecule has 1 aromatic carbocycles. The van der Waals surface area contributed by atoms with Crippen LogP contribution in [0, 0.1) is 0 Å². The van der Waals surface area contributed by atoms with Crippen LogP contribution < -0.4 is 9.47 Å². The Kier molecular flexibility index (Phi) is 4.58. The van der Waals surface area contributed by atoms with Crippen molar-refractivity contribution < 1.29 is 9.47 Å². The molecule has 9 heteroatoms. The Bertz CT molecular complexity index is 875. The van der Waals surface area contributed by atoms with Crippen LogP contribution >= 0.6 is 23.1 Å². The third kappa shape index (κ3) is 3.47. The second-order valence-corrected chi connectivity index (χ2v) is 7.44. The first-order valence-electron chi connectivity index (χ1n) is 7.86. The van der Waals surface area contributed by atoms with E-state index < -0.39 is 0 Å². The van der Waals surface area contributed by atoms with Crippen molar-refractivity contribution in [3.63, 3.8) is 0 Å². The van der Waals surface area contributed by atoms with Crippen molar-refractivity contribution in [3.05, 3.63) is 29.3 Å². The van der Waals surface area contributed by atoms with Crippen molar-refractivity contribution in [2.45, 2.75) is 29.8 Å². The van der Waals surface area contributed by atoms with Crippen LogP contribution in [0.4, 0.5) is 0 Å². The van der Waals surface area contributed by atoms with Gasteiger partial charge in [0.25, 0.3) is 0 Å². The molecule has 3 aromatic rings. The molecule has 0 aliphatic heterocycles. The third-order valence-corrected chi connectivity index (χ3v) is 5.79. The van der Waals surface area contributed by atoms with Crippen LogP contribution in [0.2, 0.25) is 0 Å².